The first kappa shape index (κ1) is 23.5. The summed E-state index contributed by atoms with van der Waals surface area (Å²) in [4.78, 5) is 33.0. The van der Waals surface area contributed by atoms with Gasteiger partial charge in [0.1, 0.15) is 11.9 Å². The van der Waals surface area contributed by atoms with E-state index in [9.17, 15) is 9.59 Å². The van der Waals surface area contributed by atoms with Crippen LogP contribution in [0.4, 0.5) is 10.6 Å². The third kappa shape index (κ3) is 5.07. The van der Waals surface area contributed by atoms with Crippen molar-refractivity contribution in [2.75, 3.05) is 31.5 Å². The maximum Gasteiger partial charge on any atom is 0.410 e. The quantitative estimate of drug-likeness (QED) is 0.663. The standard InChI is InChI=1S/C26H34N6O3/c1-4-5-24(33)31-13-10-20(16-31)35-26(34)30-11-8-19(9-12-30)28-23-14-22(18-6-7-18)29-25-21(17(2)3)15-27-32(23)25/h14-15,17-20,28H,6-13,16H2,1-3H3. The van der Waals surface area contributed by atoms with Crippen molar-refractivity contribution in [3.63, 3.8) is 0 Å². The summed E-state index contributed by atoms with van der Waals surface area (Å²) < 4.78 is 7.63. The lowest BCUT2D eigenvalue weighted by Gasteiger charge is -2.33. The van der Waals surface area contributed by atoms with E-state index < -0.39 is 0 Å². The molecule has 0 radical (unpaired) electrons. The molecule has 0 spiro atoms. The number of carbonyl (C=O) groups is 2. The number of nitrogens with zero attached hydrogens (tertiary/aromatic N) is 5. The van der Waals surface area contributed by atoms with Gasteiger partial charge in [0, 0.05) is 55.3 Å². The van der Waals surface area contributed by atoms with E-state index in [1.807, 2.05) is 10.7 Å². The Bertz CT molecular complexity index is 1170. The maximum atomic E-state index is 12.7. The molecule has 3 aliphatic rings. The summed E-state index contributed by atoms with van der Waals surface area (Å²) in [7, 11) is 0. The maximum absolute atomic E-state index is 12.7. The zero-order chi connectivity index (χ0) is 24.5. The summed E-state index contributed by atoms with van der Waals surface area (Å²) in [5.74, 6) is 6.88. The SMILES string of the molecule is CC#CC(=O)N1CCC(OC(=O)N2CCC(Nc3cc(C4CC4)nc4c(C(C)C)cnn34)CC2)C1. The van der Waals surface area contributed by atoms with Crippen molar-refractivity contribution in [2.24, 2.45) is 0 Å². The van der Waals surface area contributed by atoms with Gasteiger partial charge in [-0.25, -0.2) is 9.78 Å². The summed E-state index contributed by atoms with van der Waals surface area (Å²) in [6, 6.07) is 2.40. The average Bonchev–Trinajstić information content (AvgIpc) is 3.43. The molecule has 0 bridgehead atoms. The molecule has 2 aliphatic heterocycles. The molecule has 5 rings (SSSR count). The molecule has 2 aromatic rings. The van der Waals surface area contributed by atoms with E-state index in [2.05, 4.69) is 42.2 Å². The predicted molar refractivity (Wildman–Crippen MR) is 132 cm³/mol. The zero-order valence-electron chi connectivity index (χ0n) is 20.8. The van der Waals surface area contributed by atoms with Gasteiger partial charge in [0.05, 0.1) is 12.7 Å². The first-order chi connectivity index (χ1) is 16.9. The molecule has 9 nitrogen and oxygen atoms in total. The van der Waals surface area contributed by atoms with Gasteiger partial charge < -0.3 is 19.9 Å². The second-order valence-electron chi connectivity index (χ2n) is 10.2. The highest BCUT2D eigenvalue weighted by Crippen LogP contribution is 2.40. The van der Waals surface area contributed by atoms with Crippen molar-refractivity contribution in [2.45, 2.75) is 76.9 Å². The summed E-state index contributed by atoms with van der Waals surface area (Å²) in [5, 5.41) is 8.31. The number of nitrogens with one attached hydrogen (secondary N) is 1. The number of aromatic nitrogens is 3. The largest absolute Gasteiger partial charge is 0.444 e. The summed E-state index contributed by atoms with van der Waals surface area (Å²) >= 11 is 0. The van der Waals surface area contributed by atoms with Crippen molar-refractivity contribution in [3.05, 3.63) is 23.5 Å². The highest BCUT2D eigenvalue weighted by molar-refractivity contribution is 5.93. The molecule has 1 aliphatic carbocycles. The molecule has 1 saturated carbocycles. The monoisotopic (exact) mass is 478 g/mol. The number of rotatable bonds is 5. The Morgan fingerprint density at radius 3 is 2.54 bits per heavy atom. The smallest absolute Gasteiger partial charge is 0.410 e. The number of amides is 2. The molecule has 3 fully saturated rings. The number of hydrogen-bond acceptors (Lipinski definition) is 6. The predicted octanol–water partition coefficient (Wildman–Crippen LogP) is 3.37. The molecule has 2 amide bonds. The van der Waals surface area contributed by atoms with E-state index in [0.29, 0.717) is 44.4 Å². The zero-order valence-corrected chi connectivity index (χ0v) is 20.8. The van der Waals surface area contributed by atoms with Crippen LogP contribution in [0, 0.1) is 11.8 Å². The van der Waals surface area contributed by atoms with Gasteiger partial charge in [-0.3, -0.25) is 4.79 Å². The molecule has 9 heteroatoms. The molecular formula is C26H34N6O3. The van der Waals surface area contributed by atoms with Crippen LogP contribution < -0.4 is 5.32 Å². The Morgan fingerprint density at radius 2 is 1.86 bits per heavy atom. The van der Waals surface area contributed by atoms with Crippen molar-refractivity contribution >= 4 is 23.5 Å². The highest BCUT2D eigenvalue weighted by Gasteiger charge is 2.32. The number of likely N-dealkylation sites (tertiary alicyclic amines) is 2. The second-order valence-corrected chi connectivity index (χ2v) is 10.2. The fourth-order valence-electron chi connectivity index (χ4n) is 4.92. The molecule has 186 valence electrons. The lowest BCUT2D eigenvalue weighted by molar-refractivity contribution is -0.124. The average molecular weight is 479 g/mol. The van der Waals surface area contributed by atoms with Crippen LogP contribution in [0.15, 0.2) is 12.3 Å². The minimum Gasteiger partial charge on any atom is -0.444 e. The Balaban J connectivity index is 1.18. The van der Waals surface area contributed by atoms with E-state index in [-0.39, 0.29) is 24.1 Å². The van der Waals surface area contributed by atoms with Gasteiger partial charge in [0.25, 0.3) is 5.91 Å². The van der Waals surface area contributed by atoms with Gasteiger partial charge in [-0.15, -0.1) is 0 Å². The van der Waals surface area contributed by atoms with E-state index in [4.69, 9.17) is 9.72 Å². The van der Waals surface area contributed by atoms with Crippen LogP contribution >= 0.6 is 0 Å². The minimum atomic E-state index is -0.291. The third-order valence-electron chi connectivity index (χ3n) is 7.17. The molecule has 1 atom stereocenters. The third-order valence-corrected chi connectivity index (χ3v) is 7.17. The number of anilines is 1. The van der Waals surface area contributed by atoms with E-state index >= 15 is 0 Å². The highest BCUT2D eigenvalue weighted by atomic mass is 16.6. The van der Waals surface area contributed by atoms with Crippen LogP contribution in [0.5, 0.6) is 0 Å². The Kier molecular flexibility index (Phi) is 6.54. The molecule has 2 aromatic heterocycles. The topological polar surface area (TPSA) is 92.1 Å². The first-order valence-electron chi connectivity index (χ1n) is 12.7. The number of piperidine rings is 1. The first-order valence-corrected chi connectivity index (χ1v) is 12.7. The van der Waals surface area contributed by atoms with Gasteiger partial charge >= 0.3 is 6.09 Å². The van der Waals surface area contributed by atoms with E-state index in [1.54, 1.807) is 16.7 Å². The summed E-state index contributed by atoms with van der Waals surface area (Å²) in [6.07, 6.45) is 6.10. The van der Waals surface area contributed by atoms with Gasteiger partial charge in [-0.1, -0.05) is 19.8 Å². The summed E-state index contributed by atoms with van der Waals surface area (Å²) in [5.41, 5.74) is 3.27. The van der Waals surface area contributed by atoms with Crippen molar-refractivity contribution in [1.29, 1.82) is 0 Å². The molecule has 0 aromatic carbocycles. The lowest BCUT2D eigenvalue weighted by Crippen LogP contribution is -2.44. The van der Waals surface area contributed by atoms with Gasteiger partial charge in [-0.2, -0.15) is 9.61 Å². The molecule has 1 N–H and O–H groups in total. The number of carbonyl (C=O) groups excluding carboxylic acids is 2. The van der Waals surface area contributed by atoms with Crippen LogP contribution in [0.3, 0.4) is 0 Å². The van der Waals surface area contributed by atoms with Crippen LogP contribution in [0.2, 0.25) is 0 Å². The minimum absolute atomic E-state index is 0.203. The molecule has 1 unspecified atom stereocenters. The fraction of sp³-hybridized carbons (Fsp3) is 0.615. The lowest BCUT2D eigenvalue weighted by atomic mass is 10.1. The molecule has 2 saturated heterocycles. The fourth-order valence-corrected chi connectivity index (χ4v) is 4.92. The molecular weight excluding hydrogens is 444 g/mol. The number of fused-ring (bicyclic) bond motifs is 1. The molecule has 35 heavy (non-hydrogen) atoms. The van der Waals surface area contributed by atoms with Crippen LogP contribution in [-0.4, -0.2) is 74.7 Å². The van der Waals surface area contributed by atoms with E-state index in [1.165, 1.54) is 18.4 Å². The van der Waals surface area contributed by atoms with Crippen molar-refractivity contribution < 1.29 is 14.3 Å². The number of hydrogen-bond donors (Lipinski definition) is 1. The Labute approximate surface area is 206 Å². The summed E-state index contributed by atoms with van der Waals surface area (Å²) in [6.45, 7) is 8.24. The Hall–Kier alpha value is -3.28. The number of ether oxygens (including phenoxy) is 1. The van der Waals surface area contributed by atoms with Crippen LogP contribution in [-0.2, 0) is 9.53 Å². The van der Waals surface area contributed by atoms with Gasteiger partial charge in [0.15, 0.2) is 5.65 Å². The van der Waals surface area contributed by atoms with Gasteiger partial charge in [-0.05, 0) is 44.4 Å². The van der Waals surface area contributed by atoms with Crippen molar-refractivity contribution in [3.8, 4) is 11.8 Å². The van der Waals surface area contributed by atoms with E-state index in [0.717, 1.165) is 30.0 Å². The van der Waals surface area contributed by atoms with Gasteiger partial charge in [0.2, 0.25) is 0 Å². The van der Waals surface area contributed by atoms with Crippen LogP contribution in [0.25, 0.3) is 5.65 Å². The van der Waals surface area contributed by atoms with Crippen LogP contribution in [0.1, 0.15) is 76.0 Å². The van der Waals surface area contributed by atoms with Crippen molar-refractivity contribution in [1.82, 2.24) is 24.4 Å². The normalized spacial score (nSPS) is 20.7. The second kappa shape index (κ2) is 9.76. The Morgan fingerprint density at radius 1 is 1.11 bits per heavy atom. The molecule has 4 heterocycles.